The van der Waals surface area contributed by atoms with E-state index in [2.05, 4.69) is 27.2 Å². The van der Waals surface area contributed by atoms with Crippen LogP contribution in [-0.4, -0.2) is 43.6 Å². The van der Waals surface area contributed by atoms with Crippen molar-refractivity contribution in [3.8, 4) is 11.4 Å². The molecular formula is C37H31FN6O7. The van der Waals surface area contributed by atoms with Crippen molar-refractivity contribution < 1.29 is 33.0 Å². The zero-order valence-corrected chi connectivity index (χ0v) is 26.9. The summed E-state index contributed by atoms with van der Waals surface area (Å²) in [5, 5.41) is 16.9. The second-order valence-electron chi connectivity index (χ2n) is 11.6. The number of rotatable bonds is 11. The number of oxazole rings is 1. The van der Waals surface area contributed by atoms with Gasteiger partial charge < -0.3 is 25.3 Å². The first-order chi connectivity index (χ1) is 24.6. The van der Waals surface area contributed by atoms with Crippen molar-refractivity contribution >= 4 is 34.7 Å². The molecule has 0 saturated heterocycles. The molecule has 14 heteroatoms. The Labute approximate surface area is 289 Å². The van der Waals surface area contributed by atoms with Gasteiger partial charge in [-0.25, -0.2) is 19.2 Å². The number of aliphatic hydroxyl groups excluding tert-OH is 1. The summed E-state index contributed by atoms with van der Waals surface area (Å²) in [6.45, 7) is 3.26. The summed E-state index contributed by atoms with van der Waals surface area (Å²) in [5.74, 6) is -1.95. The maximum absolute atomic E-state index is 13.8. The molecular weight excluding hydrogens is 659 g/mol. The first-order valence-electron chi connectivity index (χ1n) is 15.6. The number of anilines is 1. The minimum atomic E-state index is -1.47. The smallest absolute Gasteiger partial charge is 0.412 e. The number of nitrogens with zero attached hydrogens (tertiary/aromatic N) is 3. The van der Waals surface area contributed by atoms with E-state index in [0.717, 1.165) is 16.3 Å². The number of amides is 3. The summed E-state index contributed by atoms with van der Waals surface area (Å²) in [5.41, 5.74) is 4.79. The highest BCUT2D eigenvalue weighted by Crippen LogP contribution is 2.42. The molecule has 5 aromatic rings. The number of carbonyl (C=O) groups is 3. The molecule has 51 heavy (non-hydrogen) atoms. The van der Waals surface area contributed by atoms with Crippen molar-refractivity contribution in [2.75, 3.05) is 5.32 Å². The van der Waals surface area contributed by atoms with E-state index in [9.17, 15) is 28.7 Å². The Morgan fingerprint density at radius 3 is 2.61 bits per heavy atom. The van der Waals surface area contributed by atoms with Gasteiger partial charge in [-0.3, -0.25) is 24.3 Å². The lowest BCUT2D eigenvalue weighted by atomic mass is 9.72. The highest BCUT2D eigenvalue weighted by atomic mass is 19.1. The SMILES string of the molecule is C=CC1(C(O)c2nc3cc(C(N)=O)ccc3o2)C=CC=CC1NC(=O)Cn1c(-c2ccc(F)cc2)ncc(NC(=O)OCc2ccccc2)c1=O. The van der Waals surface area contributed by atoms with Gasteiger partial charge in [-0.05, 0) is 48.0 Å². The third-order valence-electron chi connectivity index (χ3n) is 8.31. The van der Waals surface area contributed by atoms with Gasteiger partial charge in [0.25, 0.3) is 5.56 Å². The van der Waals surface area contributed by atoms with E-state index in [1.165, 1.54) is 48.5 Å². The Morgan fingerprint density at radius 2 is 1.88 bits per heavy atom. The zero-order valence-electron chi connectivity index (χ0n) is 26.9. The molecule has 3 unspecified atom stereocenters. The third-order valence-corrected chi connectivity index (χ3v) is 8.31. The van der Waals surface area contributed by atoms with Gasteiger partial charge >= 0.3 is 6.09 Å². The molecule has 5 N–H and O–H groups in total. The molecule has 0 aliphatic heterocycles. The Morgan fingerprint density at radius 1 is 1.12 bits per heavy atom. The van der Waals surface area contributed by atoms with Crippen molar-refractivity contribution in [1.29, 1.82) is 0 Å². The van der Waals surface area contributed by atoms with E-state index >= 15 is 0 Å². The van der Waals surface area contributed by atoms with Crippen molar-refractivity contribution in [2.24, 2.45) is 11.1 Å². The number of nitrogens with two attached hydrogens (primary N) is 1. The van der Waals surface area contributed by atoms with Crippen LogP contribution >= 0.6 is 0 Å². The number of hydrogen-bond acceptors (Lipinski definition) is 9. The molecule has 13 nitrogen and oxygen atoms in total. The number of nitrogens with one attached hydrogen (secondary N) is 2. The lowest BCUT2D eigenvalue weighted by Crippen LogP contribution is -2.50. The summed E-state index contributed by atoms with van der Waals surface area (Å²) in [6, 6.07) is 17.6. The lowest BCUT2D eigenvalue weighted by molar-refractivity contribution is -0.123. The van der Waals surface area contributed by atoms with Gasteiger partial charge in [-0.2, -0.15) is 0 Å². The normalized spacial score (nSPS) is 17.1. The third kappa shape index (κ3) is 7.21. The fourth-order valence-electron chi connectivity index (χ4n) is 5.62. The highest BCUT2D eigenvalue weighted by molar-refractivity contribution is 5.95. The Kier molecular flexibility index (Phi) is 9.68. The molecule has 258 valence electrons. The van der Waals surface area contributed by atoms with Crippen LogP contribution in [0.15, 0.2) is 125 Å². The number of ether oxygens (including phenoxy) is 1. The number of primary amides is 1. The summed E-state index contributed by atoms with van der Waals surface area (Å²) in [7, 11) is 0. The van der Waals surface area contributed by atoms with Crippen LogP contribution in [0.25, 0.3) is 22.5 Å². The number of halogens is 1. The predicted octanol–water partition coefficient (Wildman–Crippen LogP) is 4.56. The number of fused-ring (bicyclic) bond motifs is 1. The lowest BCUT2D eigenvalue weighted by Gasteiger charge is -2.38. The van der Waals surface area contributed by atoms with Crippen LogP contribution in [-0.2, 0) is 22.7 Å². The topological polar surface area (TPSA) is 192 Å². The Hall–Kier alpha value is -6.67. The van der Waals surface area contributed by atoms with Gasteiger partial charge in [0.15, 0.2) is 5.58 Å². The number of aromatic nitrogens is 3. The number of aliphatic hydroxyl groups is 1. The predicted molar refractivity (Wildman–Crippen MR) is 184 cm³/mol. The first-order valence-corrected chi connectivity index (χ1v) is 15.6. The molecule has 3 aromatic carbocycles. The monoisotopic (exact) mass is 690 g/mol. The molecule has 1 aliphatic rings. The van der Waals surface area contributed by atoms with Crippen molar-refractivity contribution in [3.05, 3.63) is 149 Å². The first kappa shape index (κ1) is 34.2. The van der Waals surface area contributed by atoms with Crippen LogP contribution in [0.5, 0.6) is 0 Å². The molecule has 1 aliphatic carbocycles. The van der Waals surface area contributed by atoms with E-state index in [1.54, 1.807) is 48.6 Å². The summed E-state index contributed by atoms with van der Waals surface area (Å²) in [4.78, 5) is 60.5. The highest BCUT2D eigenvalue weighted by Gasteiger charge is 2.44. The molecule has 0 spiro atoms. The van der Waals surface area contributed by atoms with E-state index in [4.69, 9.17) is 14.9 Å². The summed E-state index contributed by atoms with van der Waals surface area (Å²) < 4.78 is 25.9. The maximum Gasteiger partial charge on any atom is 0.412 e. The Bertz CT molecular complexity index is 2250. The second-order valence-corrected chi connectivity index (χ2v) is 11.6. The van der Waals surface area contributed by atoms with E-state index < -0.39 is 53.4 Å². The van der Waals surface area contributed by atoms with E-state index in [1.807, 2.05) is 6.07 Å². The molecule has 2 aromatic heterocycles. The number of allylic oxidation sites excluding steroid dienone is 2. The van der Waals surface area contributed by atoms with Gasteiger partial charge in [-0.15, -0.1) is 6.58 Å². The van der Waals surface area contributed by atoms with Crippen molar-refractivity contribution in [3.63, 3.8) is 0 Å². The molecule has 3 atom stereocenters. The standard InChI is InChI=1S/C37H31FN6O7/c1-2-37(31(46)34-41-26-18-24(32(39)47)13-16-28(26)51-34)17-7-6-10-29(37)43-30(45)20-44-33(23-11-14-25(38)15-12-23)40-19-27(35(44)48)42-36(49)50-21-22-8-4-3-5-9-22/h2-19,29,31,46H,1,20-21H2,(H2,39,47)(H,42,49)(H,43,45). The maximum atomic E-state index is 13.8. The number of benzene rings is 3. The molecule has 0 bridgehead atoms. The van der Waals surface area contributed by atoms with Crippen LogP contribution in [0.1, 0.15) is 27.9 Å². The van der Waals surface area contributed by atoms with Crippen molar-refractivity contribution in [1.82, 2.24) is 19.9 Å². The molecule has 0 saturated carbocycles. The molecule has 3 amide bonds. The van der Waals surface area contributed by atoms with Crippen LogP contribution in [0, 0.1) is 11.2 Å². The van der Waals surface area contributed by atoms with E-state index in [-0.39, 0.29) is 35.1 Å². The van der Waals surface area contributed by atoms with Gasteiger partial charge in [0.1, 0.15) is 42.1 Å². The second kappa shape index (κ2) is 14.4. The summed E-state index contributed by atoms with van der Waals surface area (Å²) in [6.07, 6.45) is 6.75. The fraction of sp³-hybridized carbons (Fsp3) is 0.135. The average Bonchev–Trinajstić information content (AvgIpc) is 3.57. The van der Waals surface area contributed by atoms with Gasteiger partial charge in [0, 0.05) is 11.1 Å². The van der Waals surface area contributed by atoms with Crippen LogP contribution in [0.4, 0.5) is 14.9 Å². The fourth-order valence-corrected chi connectivity index (χ4v) is 5.62. The van der Waals surface area contributed by atoms with Gasteiger partial charge in [0.2, 0.25) is 17.7 Å². The number of hydrogen-bond donors (Lipinski definition) is 4. The van der Waals surface area contributed by atoms with Crippen LogP contribution in [0.3, 0.4) is 0 Å². The van der Waals surface area contributed by atoms with Crippen molar-refractivity contribution in [2.45, 2.75) is 25.3 Å². The Balaban J connectivity index is 1.27. The molecule has 6 rings (SSSR count). The minimum Gasteiger partial charge on any atom is -0.444 e. The minimum absolute atomic E-state index is 0.0225. The largest absolute Gasteiger partial charge is 0.444 e. The van der Waals surface area contributed by atoms with Gasteiger partial charge in [0.05, 0.1) is 17.7 Å². The van der Waals surface area contributed by atoms with Crippen LogP contribution in [0.2, 0.25) is 0 Å². The van der Waals surface area contributed by atoms with Gasteiger partial charge in [-0.1, -0.05) is 60.7 Å². The number of carbonyl (C=O) groups excluding carboxylic acids is 3. The average molecular weight is 691 g/mol. The van der Waals surface area contributed by atoms with E-state index in [0.29, 0.717) is 11.1 Å². The summed E-state index contributed by atoms with van der Waals surface area (Å²) >= 11 is 0. The van der Waals surface area contributed by atoms with Crippen LogP contribution < -0.4 is 21.9 Å². The quantitative estimate of drug-likeness (QED) is 0.144. The molecule has 0 fully saturated rings. The zero-order chi connectivity index (χ0) is 36.1. The molecule has 0 radical (unpaired) electrons. The molecule has 2 heterocycles.